The van der Waals surface area contributed by atoms with Gasteiger partial charge >= 0.3 is 0 Å². The number of carbonyl (C=O) groups is 3. The van der Waals surface area contributed by atoms with Gasteiger partial charge in [0, 0.05) is 18.6 Å². The van der Waals surface area contributed by atoms with Crippen molar-refractivity contribution in [1.29, 1.82) is 0 Å². The average molecular weight is 357 g/mol. The van der Waals surface area contributed by atoms with E-state index in [4.69, 9.17) is 11.6 Å². The number of imide groups is 1. The van der Waals surface area contributed by atoms with E-state index in [0.29, 0.717) is 22.7 Å². The molecule has 0 unspecified atom stereocenters. The van der Waals surface area contributed by atoms with E-state index >= 15 is 0 Å². The second-order valence-electron chi connectivity index (χ2n) is 5.99. The summed E-state index contributed by atoms with van der Waals surface area (Å²) in [6.07, 6.45) is 0. The van der Waals surface area contributed by atoms with Crippen LogP contribution in [0.3, 0.4) is 0 Å². The fourth-order valence-corrected chi connectivity index (χ4v) is 3.14. The van der Waals surface area contributed by atoms with Crippen LogP contribution in [0.2, 0.25) is 5.02 Å². The molecule has 2 aromatic rings. The lowest BCUT2D eigenvalue weighted by molar-refractivity contribution is -0.134. The Kier molecular flexibility index (Phi) is 4.59. The van der Waals surface area contributed by atoms with Crippen molar-refractivity contribution in [3.63, 3.8) is 0 Å². The average Bonchev–Trinajstić information content (AvgIpc) is 2.87. The zero-order valence-corrected chi connectivity index (χ0v) is 14.7. The molecule has 1 heterocycles. The number of carbonyl (C=O) groups excluding carboxylic acids is 3. The van der Waals surface area contributed by atoms with Gasteiger partial charge in [0.05, 0.1) is 11.1 Å². The molecule has 25 heavy (non-hydrogen) atoms. The van der Waals surface area contributed by atoms with E-state index in [1.807, 2.05) is 18.2 Å². The maximum absolute atomic E-state index is 12.7. The highest BCUT2D eigenvalue weighted by Crippen LogP contribution is 2.25. The van der Waals surface area contributed by atoms with Crippen LogP contribution in [-0.2, 0) is 11.3 Å². The summed E-state index contributed by atoms with van der Waals surface area (Å²) >= 11 is 6.13. The Morgan fingerprint density at radius 1 is 1.04 bits per heavy atom. The van der Waals surface area contributed by atoms with Crippen LogP contribution in [0, 0.1) is 0 Å². The Morgan fingerprint density at radius 3 is 2.12 bits per heavy atom. The smallest absolute Gasteiger partial charge is 0.262 e. The van der Waals surface area contributed by atoms with Crippen molar-refractivity contribution in [2.75, 3.05) is 7.05 Å². The molecule has 3 rings (SSSR count). The molecule has 128 valence electrons. The van der Waals surface area contributed by atoms with E-state index < -0.39 is 17.9 Å². The Hall–Kier alpha value is -2.66. The zero-order valence-electron chi connectivity index (χ0n) is 13.9. The van der Waals surface area contributed by atoms with Gasteiger partial charge < -0.3 is 4.90 Å². The van der Waals surface area contributed by atoms with Crippen LogP contribution in [0.5, 0.6) is 0 Å². The predicted octanol–water partition coefficient (Wildman–Crippen LogP) is 2.98. The minimum atomic E-state index is -0.889. The Bertz CT molecular complexity index is 830. The monoisotopic (exact) mass is 356 g/mol. The lowest BCUT2D eigenvalue weighted by Crippen LogP contribution is -2.48. The molecule has 0 radical (unpaired) electrons. The third-order valence-electron chi connectivity index (χ3n) is 4.31. The first kappa shape index (κ1) is 17.2. The third-order valence-corrected chi connectivity index (χ3v) is 4.68. The summed E-state index contributed by atoms with van der Waals surface area (Å²) in [5.74, 6) is -1.20. The fraction of sp³-hybridized carbons (Fsp3) is 0.211. The maximum atomic E-state index is 12.7. The highest BCUT2D eigenvalue weighted by molar-refractivity contribution is 6.31. The number of amides is 3. The van der Waals surface area contributed by atoms with Gasteiger partial charge in [-0.15, -0.1) is 0 Å². The molecule has 2 aromatic carbocycles. The van der Waals surface area contributed by atoms with Crippen molar-refractivity contribution < 1.29 is 14.4 Å². The van der Waals surface area contributed by atoms with Crippen LogP contribution in [0.25, 0.3) is 0 Å². The molecule has 0 aliphatic carbocycles. The van der Waals surface area contributed by atoms with Crippen molar-refractivity contribution in [1.82, 2.24) is 9.80 Å². The van der Waals surface area contributed by atoms with Crippen LogP contribution in [-0.4, -0.2) is 40.6 Å². The first-order valence-corrected chi connectivity index (χ1v) is 8.25. The number of hydrogen-bond acceptors (Lipinski definition) is 3. The van der Waals surface area contributed by atoms with Crippen LogP contribution >= 0.6 is 11.6 Å². The van der Waals surface area contributed by atoms with Crippen molar-refractivity contribution >= 4 is 29.3 Å². The van der Waals surface area contributed by atoms with Gasteiger partial charge in [0.2, 0.25) is 5.91 Å². The van der Waals surface area contributed by atoms with Gasteiger partial charge in [-0.3, -0.25) is 19.3 Å². The standard InChI is InChI=1S/C19H17ClN2O3/c1-12(17(23)21(2)11-13-7-3-6-10-16(13)20)22-18(24)14-8-4-5-9-15(14)19(22)25/h3-10,12H,11H2,1-2H3/t12-/m1/s1. The lowest BCUT2D eigenvalue weighted by atomic mass is 10.1. The minimum absolute atomic E-state index is 0.298. The summed E-state index contributed by atoms with van der Waals surface area (Å²) in [6.45, 7) is 1.86. The van der Waals surface area contributed by atoms with Gasteiger partial charge in [-0.2, -0.15) is 0 Å². The van der Waals surface area contributed by atoms with Gasteiger partial charge in [0.15, 0.2) is 0 Å². The molecule has 1 atom stereocenters. The van der Waals surface area contributed by atoms with Gasteiger partial charge in [0.25, 0.3) is 11.8 Å². The second-order valence-corrected chi connectivity index (χ2v) is 6.39. The summed E-state index contributed by atoms with van der Waals surface area (Å²) in [6, 6.07) is 12.9. The summed E-state index contributed by atoms with van der Waals surface area (Å²) in [7, 11) is 1.63. The number of rotatable bonds is 4. The Balaban J connectivity index is 1.78. The highest BCUT2D eigenvalue weighted by atomic mass is 35.5. The molecule has 0 fully saturated rings. The van der Waals surface area contributed by atoms with E-state index in [0.717, 1.165) is 10.5 Å². The molecule has 0 bridgehead atoms. The van der Waals surface area contributed by atoms with Crippen LogP contribution in [0.1, 0.15) is 33.2 Å². The van der Waals surface area contributed by atoms with Crippen molar-refractivity contribution in [3.05, 3.63) is 70.2 Å². The number of hydrogen-bond donors (Lipinski definition) is 0. The normalized spacial score (nSPS) is 14.4. The first-order valence-electron chi connectivity index (χ1n) is 7.87. The third kappa shape index (κ3) is 3.03. The maximum Gasteiger partial charge on any atom is 0.262 e. The zero-order chi connectivity index (χ0) is 18.1. The van der Waals surface area contributed by atoms with Gasteiger partial charge in [0.1, 0.15) is 6.04 Å². The molecule has 3 amide bonds. The first-order chi connectivity index (χ1) is 11.9. The van der Waals surface area contributed by atoms with Crippen molar-refractivity contribution in [2.45, 2.75) is 19.5 Å². The molecule has 0 N–H and O–H groups in total. The van der Waals surface area contributed by atoms with Crippen LogP contribution < -0.4 is 0 Å². The van der Waals surface area contributed by atoms with E-state index in [2.05, 4.69) is 0 Å². The van der Waals surface area contributed by atoms with E-state index in [9.17, 15) is 14.4 Å². The summed E-state index contributed by atoms with van der Waals surface area (Å²) < 4.78 is 0. The fourth-order valence-electron chi connectivity index (χ4n) is 2.95. The predicted molar refractivity (Wildman–Crippen MR) is 94.3 cm³/mol. The molecule has 0 saturated carbocycles. The van der Waals surface area contributed by atoms with Crippen molar-refractivity contribution in [2.24, 2.45) is 0 Å². The SMILES string of the molecule is C[C@H](C(=O)N(C)Cc1ccccc1Cl)N1C(=O)c2ccccc2C1=O. The number of benzene rings is 2. The Morgan fingerprint density at radius 2 is 1.56 bits per heavy atom. The van der Waals surface area contributed by atoms with Crippen LogP contribution in [0.15, 0.2) is 48.5 Å². The highest BCUT2D eigenvalue weighted by Gasteiger charge is 2.41. The summed E-state index contributed by atoms with van der Waals surface area (Å²) in [4.78, 5) is 40.2. The molecule has 1 aliphatic rings. The largest absolute Gasteiger partial charge is 0.340 e. The quantitative estimate of drug-likeness (QED) is 0.791. The number of nitrogens with zero attached hydrogens (tertiary/aromatic N) is 2. The van der Waals surface area contributed by atoms with Gasteiger partial charge in [-0.1, -0.05) is 41.9 Å². The second kappa shape index (κ2) is 6.69. The molecule has 5 nitrogen and oxygen atoms in total. The molecule has 0 saturated heterocycles. The van der Waals surface area contributed by atoms with Gasteiger partial charge in [-0.05, 0) is 30.7 Å². The molecule has 0 spiro atoms. The molecule has 6 heteroatoms. The number of fused-ring (bicyclic) bond motifs is 1. The Labute approximate surface area is 150 Å². The molecular formula is C19H17ClN2O3. The summed E-state index contributed by atoms with van der Waals surface area (Å²) in [5, 5.41) is 0.565. The lowest BCUT2D eigenvalue weighted by Gasteiger charge is -2.27. The van der Waals surface area contributed by atoms with Crippen LogP contribution in [0.4, 0.5) is 0 Å². The summed E-state index contributed by atoms with van der Waals surface area (Å²) in [5.41, 5.74) is 1.47. The minimum Gasteiger partial charge on any atom is -0.340 e. The van der Waals surface area contributed by atoms with E-state index in [1.54, 1.807) is 44.3 Å². The van der Waals surface area contributed by atoms with Gasteiger partial charge in [-0.25, -0.2) is 0 Å². The topological polar surface area (TPSA) is 57.7 Å². The molecule has 1 aliphatic heterocycles. The van der Waals surface area contributed by atoms with E-state index in [-0.39, 0.29) is 5.91 Å². The number of halogens is 1. The van der Waals surface area contributed by atoms with Crippen molar-refractivity contribution in [3.8, 4) is 0 Å². The molecule has 0 aromatic heterocycles. The van der Waals surface area contributed by atoms with E-state index in [1.165, 1.54) is 4.90 Å². The number of likely N-dealkylation sites (N-methyl/N-ethyl adjacent to an activating group) is 1. The molecular weight excluding hydrogens is 340 g/mol.